The van der Waals surface area contributed by atoms with E-state index in [1.165, 1.54) is 11.3 Å². The third-order valence-electron chi connectivity index (χ3n) is 3.08. The van der Waals surface area contributed by atoms with Crippen LogP contribution in [-0.4, -0.2) is 12.5 Å². The van der Waals surface area contributed by atoms with E-state index in [-0.39, 0.29) is 12.6 Å². The Balaban J connectivity index is 2.06. The highest BCUT2D eigenvalue weighted by atomic mass is 32.1. The predicted molar refractivity (Wildman–Crippen MR) is 81.1 cm³/mol. The van der Waals surface area contributed by atoms with Crippen LogP contribution in [0.5, 0.6) is 0 Å². The minimum absolute atomic E-state index is 0.0298. The summed E-state index contributed by atoms with van der Waals surface area (Å²) in [5, 5.41) is 6.61. The van der Waals surface area contributed by atoms with Crippen molar-refractivity contribution in [1.29, 1.82) is 0 Å². The molecule has 25 heavy (non-hydrogen) atoms. The molecule has 0 fully saturated rings. The van der Waals surface area contributed by atoms with Crippen molar-refractivity contribution < 1.29 is 31.1 Å². The number of rotatable bonds is 5. The number of alkyl halides is 6. The number of nitrogens with one attached hydrogen (secondary N) is 2. The number of anilines is 1. The van der Waals surface area contributed by atoms with Crippen LogP contribution in [0.4, 0.5) is 32.0 Å². The van der Waals surface area contributed by atoms with Gasteiger partial charge in [0.1, 0.15) is 0 Å². The van der Waals surface area contributed by atoms with Gasteiger partial charge in [0, 0.05) is 10.6 Å². The van der Waals surface area contributed by atoms with Crippen molar-refractivity contribution in [3.05, 3.63) is 51.7 Å². The Bertz CT molecular complexity index is 692. The number of hydrogen-bond donors (Lipinski definition) is 2. The lowest BCUT2D eigenvalue weighted by atomic mass is 10.1. The first-order valence-electron chi connectivity index (χ1n) is 6.88. The van der Waals surface area contributed by atoms with Gasteiger partial charge in [-0.1, -0.05) is 6.07 Å². The summed E-state index contributed by atoms with van der Waals surface area (Å²) in [6.07, 6.45) is -9.86. The number of benzene rings is 1. The second-order valence-corrected chi connectivity index (χ2v) is 6.04. The standard InChI is InChI=1S/C15H12F6N2OS/c16-14(17,18)9-4-10(15(19,20)21)6-11(5-9)22-8-13(24)23-7-12-2-1-3-25-12/h1-6,22H,7-8H2,(H,23,24). The summed E-state index contributed by atoms with van der Waals surface area (Å²) in [6.45, 7) is -0.224. The molecule has 1 amide bonds. The van der Waals surface area contributed by atoms with Crippen LogP contribution in [0, 0.1) is 0 Å². The molecule has 0 unspecified atom stereocenters. The maximum Gasteiger partial charge on any atom is 0.416 e. The van der Waals surface area contributed by atoms with Crippen LogP contribution in [0.3, 0.4) is 0 Å². The molecule has 1 aromatic carbocycles. The van der Waals surface area contributed by atoms with Gasteiger partial charge in [-0.25, -0.2) is 0 Å². The molecule has 0 saturated carbocycles. The maximum atomic E-state index is 12.7. The molecule has 136 valence electrons. The lowest BCUT2D eigenvalue weighted by Crippen LogP contribution is -2.29. The fourth-order valence-corrected chi connectivity index (χ4v) is 2.55. The van der Waals surface area contributed by atoms with E-state index in [1.807, 2.05) is 0 Å². The average molecular weight is 382 g/mol. The molecule has 0 radical (unpaired) electrons. The largest absolute Gasteiger partial charge is 0.416 e. The third kappa shape index (κ3) is 5.66. The van der Waals surface area contributed by atoms with Crippen molar-refractivity contribution in [2.75, 3.05) is 11.9 Å². The van der Waals surface area contributed by atoms with Gasteiger partial charge in [-0.15, -0.1) is 11.3 Å². The van der Waals surface area contributed by atoms with Crippen LogP contribution >= 0.6 is 11.3 Å². The molecule has 10 heteroatoms. The molecule has 0 aliphatic heterocycles. The topological polar surface area (TPSA) is 41.1 Å². The molecule has 0 aliphatic carbocycles. The van der Waals surface area contributed by atoms with Crippen molar-refractivity contribution in [3.63, 3.8) is 0 Å². The zero-order chi connectivity index (χ0) is 18.7. The van der Waals surface area contributed by atoms with Crippen molar-refractivity contribution in [2.45, 2.75) is 18.9 Å². The molecule has 0 atom stereocenters. The molecule has 2 N–H and O–H groups in total. The van der Waals surface area contributed by atoms with Gasteiger partial charge in [-0.2, -0.15) is 26.3 Å². The third-order valence-corrected chi connectivity index (χ3v) is 3.96. The zero-order valence-electron chi connectivity index (χ0n) is 12.5. The van der Waals surface area contributed by atoms with Gasteiger partial charge < -0.3 is 10.6 Å². The van der Waals surface area contributed by atoms with Crippen molar-refractivity contribution in [2.24, 2.45) is 0 Å². The SMILES string of the molecule is O=C(CNc1cc(C(F)(F)F)cc(C(F)(F)F)c1)NCc1cccs1. The highest BCUT2D eigenvalue weighted by molar-refractivity contribution is 7.09. The van der Waals surface area contributed by atoms with Gasteiger partial charge >= 0.3 is 12.4 Å². The normalized spacial score (nSPS) is 12.1. The van der Waals surface area contributed by atoms with E-state index in [4.69, 9.17) is 0 Å². The molecule has 3 nitrogen and oxygen atoms in total. The van der Waals surface area contributed by atoms with Gasteiger partial charge in [0.25, 0.3) is 0 Å². The quantitative estimate of drug-likeness (QED) is 0.747. The van der Waals surface area contributed by atoms with Crippen LogP contribution in [0.15, 0.2) is 35.7 Å². The maximum absolute atomic E-state index is 12.7. The van der Waals surface area contributed by atoms with E-state index in [1.54, 1.807) is 17.5 Å². The summed E-state index contributed by atoms with van der Waals surface area (Å²) in [5.41, 5.74) is -3.32. The van der Waals surface area contributed by atoms with Gasteiger partial charge in [-0.05, 0) is 29.6 Å². The number of amides is 1. The first-order chi connectivity index (χ1) is 11.6. The van der Waals surface area contributed by atoms with Crippen LogP contribution in [0.2, 0.25) is 0 Å². The number of halogens is 6. The first kappa shape index (κ1) is 19.1. The lowest BCUT2D eigenvalue weighted by Gasteiger charge is -2.15. The summed E-state index contributed by atoms with van der Waals surface area (Å²) < 4.78 is 76.4. The highest BCUT2D eigenvalue weighted by Gasteiger charge is 2.36. The molecule has 0 saturated heterocycles. The monoisotopic (exact) mass is 382 g/mol. The van der Waals surface area contributed by atoms with E-state index < -0.39 is 41.6 Å². The van der Waals surface area contributed by atoms with Crippen LogP contribution in [0.25, 0.3) is 0 Å². The second-order valence-electron chi connectivity index (χ2n) is 5.00. The van der Waals surface area contributed by atoms with Gasteiger partial charge in [-0.3, -0.25) is 4.79 Å². The number of carbonyl (C=O) groups excluding carboxylic acids is 1. The van der Waals surface area contributed by atoms with Crippen LogP contribution in [-0.2, 0) is 23.7 Å². The minimum Gasteiger partial charge on any atom is -0.376 e. The summed E-state index contributed by atoms with van der Waals surface area (Å²) in [5.74, 6) is -0.556. The lowest BCUT2D eigenvalue weighted by molar-refractivity contribution is -0.143. The number of hydrogen-bond acceptors (Lipinski definition) is 3. The Kier molecular flexibility index (Phi) is 5.61. The van der Waals surface area contributed by atoms with Gasteiger partial charge in [0.05, 0.1) is 24.2 Å². The molecule has 0 spiro atoms. The second kappa shape index (κ2) is 7.34. The molecular weight excluding hydrogens is 370 g/mol. The Labute approximate surface area is 142 Å². The Morgan fingerprint density at radius 1 is 1.00 bits per heavy atom. The molecule has 1 aromatic heterocycles. The van der Waals surface area contributed by atoms with E-state index in [9.17, 15) is 31.1 Å². The summed E-state index contributed by atoms with van der Waals surface area (Å²) >= 11 is 1.40. The van der Waals surface area contributed by atoms with E-state index in [0.717, 1.165) is 4.88 Å². The fourth-order valence-electron chi connectivity index (χ4n) is 1.90. The molecule has 0 bridgehead atoms. The molecule has 1 heterocycles. The molecular formula is C15H12F6N2OS. The molecule has 2 aromatic rings. The van der Waals surface area contributed by atoms with Gasteiger partial charge in [0.15, 0.2) is 0 Å². The van der Waals surface area contributed by atoms with E-state index in [2.05, 4.69) is 10.6 Å². The van der Waals surface area contributed by atoms with Crippen LogP contribution < -0.4 is 10.6 Å². The van der Waals surface area contributed by atoms with Crippen LogP contribution in [0.1, 0.15) is 16.0 Å². The number of carbonyl (C=O) groups is 1. The Hall–Kier alpha value is -2.23. The van der Waals surface area contributed by atoms with Crippen molar-refractivity contribution in [3.8, 4) is 0 Å². The minimum atomic E-state index is -4.93. The van der Waals surface area contributed by atoms with Crippen molar-refractivity contribution in [1.82, 2.24) is 5.32 Å². The van der Waals surface area contributed by atoms with Gasteiger partial charge in [0.2, 0.25) is 5.91 Å². The smallest absolute Gasteiger partial charge is 0.376 e. The first-order valence-corrected chi connectivity index (χ1v) is 7.76. The molecule has 2 rings (SSSR count). The highest BCUT2D eigenvalue weighted by Crippen LogP contribution is 2.37. The average Bonchev–Trinajstić information content (AvgIpc) is 3.02. The summed E-state index contributed by atoms with van der Waals surface area (Å²) in [4.78, 5) is 12.5. The van der Waals surface area contributed by atoms with Crippen molar-refractivity contribution >= 4 is 22.9 Å². The summed E-state index contributed by atoms with van der Waals surface area (Å²) in [7, 11) is 0. The van der Waals surface area contributed by atoms with E-state index >= 15 is 0 Å². The summed E-state index contributed by atoms with van der Waals surface area (Å²) in [6, 6.07) is 4.65. The predicted octanol–water partition coefficient (Wildman–Crippen LogP) is 4.51. The fraction of sp³-hybridized carbons (Fsp3) is 0.267. The Morgan fingerprint density at radius 2 is 1.60 bits per heavy atom. The molecule has 0 aliphatic rings. The van der Waals surface area contributed by atoms with E-state index in [0.29, 0.717) is 12.1 Å². The Morgan fingerprint density at radius 3 is 2.08 bits per heavy atom. The number of thiophene rings is 1. The zero-order valence-corrected chi connectivity index (χ0v) is 13.3.